The molecular formula is C24H30F2N4O3. The Bertz CT molecular complexity index is 1000. The molecule has 3 rings (SSSR count). The molecule has 0 aromatic heterocycles. The minimum atomic E-state index is -2.60. The van der Waals surface area contributed by atoms with Crippen LogP contribution < -0.4 is 10.2 Å². The molecule has 1 N–H and O–H groups in total. The van der Waals surface area contributed by atoms with E-state index >= 15 is 0 Å². The van der Waals surface area contributed by atoms with Crippen molar-refractivity contribution >= 4 is 23.5 Å². The fraction of sp³-hybridized carbons (Fsp3) is 0.375. The minimum Gasteiger partial charge on any atom is -0.399 e. The van der Waals surface area contributed by atoms with E-state index in [4.69, 9.17) is 14.5 Å². The molecule has 33 heavy (non-hydrogen) atoms. The highest BCUT2D eigenvalue weighted by Gasteiger charge is 2.43. The van der Waals surface area contributed by atoms with Crippen LogP contribution in [-0.4, -0.2) is 51.0 Å². The molecule has 9 heteroatoms. The van der Waals surface area contributed by atoms with Gasteiger partial charge in [-0.15, -0.1) is 0 Å². The molecule has 2 aromatic carbocycles. The Morgan fingerprint density at radius 2 is 1.82 bits per heavy atom. The summed E-state index contributed by atoms with van der Waals surface area (Å²) in [6.07, 6.45) is 0.625. The summed E-state index contributed by atoms with van der Waals surface area (Å²) in [7, 11) is 3.07. The van der Waals surface area contributed by atoms with Gasteiger partial charge < -0.3 is 19.9 Å². The average molecular weight is 461 g/mol. The lowest BCUT2D eigenvalue weighted by atomic mass is 10.00. The molecule has 0 aliphatic carbocycles. The maximum absolute atomic E-state index is 13.1. The van der Waals surface area contributed by atoms with Crippen molar-refractivity contribution in [1.82, 2.24) is 5.32 Å². The highest BCUT2D eigenvalue weighted by atomic mass is 19.3. The van der Waals surface area contributed by atoms with Crippen LogP contribution >= 0.6 is 0 Å². The van der Waals surface area contributed by atoms with E-state index in [0.29, 0.717) is 12.1 Å². The standard InChI is InChI=1S/C22H25F2N3O2.C2H5NO/c1-15-7-5-10-20(17(3)25-28-4)21(15)12-29-26-16(2)18-8-6-9-19(11-18)27-13-22(23,24)14-27;1-3-2-4/h5-11H,12-14H2,1-4H3;2H,1H3,(H,3,4)/b25-17-,26-16+;. The van der Waals surface area contributed by atoms with Crippen molar-refractivity contribution in [2.75, 3.05) is 32.1 Å². The van der Waals surface area contributed by atoms with Crippen molar-refractivity contribution in [1.29, 1.82) is 0 Å². The zero-order valence-electron chi connectivity index (χ0n) is 19.6. The van der Waals surface area contributed by atoms with Crippen LogP contribution in [0.4, 0.5) is 14.5 Å². The average Bonchev–Trinajstić information content (AvgIpc) is 2.78. The summed E-state index contributed by atoms with van der Waals surface area (Å²) in [5.74, 6) is -2.60. The molecule has 7 nitrogen and oxygen atoms in total. The molecule has 0 radical (unpaired) electrons. The molecule has 0 atom stereocenters. The van der Waals surface area contributed by atoms with Crippen LogP contribution in [-0.2, 0) is 21.1 Å². The molecule has 0 saturated carbocycles. The third-order valence-corrected chi connectivity index (χ3v) is 5.03. The van der Waals surface area contributed by atoms with Gasteiger partial charge in [-0.25, -0.2) is 8.78 Å². The second-order valence-corrected chi connectivity index (χ2v) is 7.58. The lowest BCUT2D eigenvalue weighted by Crippen LogP contribution is -2.56. The summed E-state index contributed by atoms with van der Waals surface area (Å²) in [6, 6.07) is 13.3. The quantitative estimate of drug-likeness (QED) is 0.365. The van der Waals surface area contributed by atoms with Crippen LogP contribution in [0.1, 0.15) is 36.1 Å². The van der Waals surface area contributed by atoms with Crippen LogP contribution in [0.5, 0.6) is 0 Å². The summed E-state index contributed by atoms with van der Waals surface area (Å²) in [5, 5.41) is 10.5. The smallest absolute Gasteiger partial charge is 0.282 e. The van der Waals surface area contributed by atoms with Crippen molar-refractivity contribution < 1.29 is 23.3 Å². The number of halogens is 2. The zero-order valence-corrected chi connectivity index (χ0v) is 19.6. The van der Waals surface area contributed by atoms with E-state index in [-0.39, 0.29) is 19.7 Å². The van der Waals surface area contributed by atoms with Crippen molar-refractivity contribution in [2.24, 2.45) is 10.3 Å². The van der Waals surface area contributed by atoms with Gasteiger partial charge in [0.15, 0.2) is 0 Å². The van der Waals surface area contributed by atoms with E-state index in [9.17, 15) is 8.78 Å². The van der Waals surface area contributed by atoms with Crippen molar-refractivity contribution in [3.8, 4) is 0 Å². The van der Waals surface area contributed by atoms with Gasteiger partial charge in [-0.05, 0) is 38.5 Å². The summed E-state index contributed by atoms with van der Waals surface area (Å²) < 4.78 is 26.3. The van der Waals surface area contributed by atoms with Crippen molar-refractivity contribution in [2.45, 2.75) is 33.3 Å². The van der Waals surface area contributed by atoms with Gasteiger partial charge in [-0.3, -0.25) is 4.79 Å². The number of nitrogens with zero attached hydrogens (tertiary/aromatic N) is 3. The SMILES string of the molecule is CNC=O.CO/N=C(/C)c1cccc(C)c1CO/N=C(\C)c1cccc(N2CC(F)(F)C2)c1. The Morgan fingerprint density at radius 3 is 2.42 bits per heavy atom. The summed E-state index contributed by atoms with van der Waals surface area (Å²) in [4.78, 5) is 21.2. The van der Waals surface area contributed by atoms with E-state index in [1.807, 2.05) is 63.2 Å². The number of amides is 1. The Labute approximate surface area is 193 Å². The lowest BCUT2D eigenvalue weighted by molar-refractivity contribution is -0.109. The van der Waals surface area contributed by atoms with Crippen molar-refractivity contribution in [3.05, 3.63) is 64.7 Å². The van der Waals surface area contributed by atoms with Crippen LogP contribution in [0, 0.1) is 6.92 Å². The van der Waals surface area contributed by atoms with Gasteiger partial charge in [-0.2, -0.15) is 0 Å². The second kappa shape index (κ2) is 11.9. The fourth-order valence-electron chi connectivity index (χ4n) is 3.29. The molecule has 1 saturated heterocycles. The number of alkyl halides is 2. The van der Waals surface area contributed by atoms with Crippen LogP contribution in [0.3, 0.4) is 0 Å². The number of benzene rings is 2. The Balaban J connectivity index is 0.000000890. The summed E-state index contributed by atoms with van der Waals surface area (Å²) in [6.45, 7) is 5.50. The number of aryl methyl sites for hydroxylation is 1. The molecule has 1 amide bonds. The molecule has 1 aliphatic rings. The van der Waals surface area contributed by atoms with Gasteiger partial charge in [0.25, 0.3) is 5.92 Å². The summed E-state index contributed by atoms with van der Waals surface area (Å²) in [5.41, 5.74) is 6.03. The van der Waals surface area contributed by atoms with Gasteiger partial charge in [0.05, 0.1) is 24.5 Å². The number of oxime groups is 2. The first-order valence-electron chi connectivity index (χ1n) is 10.4. The molecule has 0 bridgehead atoms. The number of nitrogens with one attached hydrogen (secondary N) is 1. The summed E-state index contributed by atoms with van der Waals surface area (Å²) >= 11 is 0. The van der Waals surface area contributed by atoms with Crippen molar-refractivity contribution in [3.63, 3.8) is 0 Å². The van der Waals surface area contributed by atoms with E-state index < -0.39 is 5.92 Å². The second-order valence-electron chi connectivity index (χ2n) is 7.58. The van der Waals surface area contributed by atoms with Gasteiger partial charge in [0.2, 0.25) is 6.41 Å². The molecule has 1 heterocycles. The Hall–Kier alpha value is -3.49. The lowest BCUT2D eigenvalue weighted by Gasteiger charge is -2.40. The largest absolute Gasteiger partial charge is 0.399 e. The van der Waals surface area contributed by atoms with Gasteiger partial charge in [-0.1, -0.05) is 40.6 Å². The molecular weight excluding hydrogens is 430 g/mol. The number of hydrogen-bond donors (Lipinski definition) is 1. The van der Waals surface area contributed by atoms with Crippen LogP contribution in [0.25, 0.3) is 0 Å². The van der Waals surface area contributed by atoms with Crippen LogP contribution in [0.15, 0.2) is 52.8 Å². The first-order chi connectivity index (χ1) is 15.7. The highest BCUT2D eigenvalue weighted by molar-refractivity contribution is 6.00. The third-order valence-electron chi connectivity index (χ3n) is 5.03. The monoisotopic (exact) mass is 460 g/mol. The third kappa shape index (κ3) is 7.27. The van der Waals surface area contributed by atoms with Gasteiger partial charge in [0.1, 0.15) is 13.7 Å². The maximum atomic E-state index is 13.1. The van der Waals surface area contributed by atoms with Gasteiger partial charge in [0, 0.05) is 29.4 Å². The predicted molar refractivity (Wildman–Crippen MR) is 126 cm³/mol. The highest BCUT2D eigenvalue weighted by Crippen LogP contribution is 2.32. The van der Waals surface area contributed by atoms with Gasteiger partial charge >= 0.3 is 0 Å². The first-order valence-corrected chi connectivity index (χ1v) is 10.4. The number of anilines is 1. The zero-order chi connectivity index (χ0) is 24.4. The molecule has 0 spiro atoms. The molecule has 1 aliphatic heterocycles. The predicted octanol–water partition coefficient (Wildman–Crippen LogP) is 4.12. The van der Waals surface area contributed by atoms with E-state index in [1.165, 1.54) is 7.11 Å². The molecule has 178 valence electrons. The van der Waals surface area contributed by atoms with E-state index in [1.54, 1.807) is 11.9 Å². The number of carbonyl (C=O) groups excluding carboxylic acids is 1. The van der Waals surface area contributed by atoms with Crippen LogP contribution in [0.2, 0.25) is 0 Å². The maximum Gasteiger partial charge on any atom is 0.282 e. The molecule has 1 fully saturated rings. The topological polar surface area (TPSA) is 75.5 Å². The Kier molecular flexibility index (Phi) is 9.32. The fourth-order valence-corrected chi connectivity index (χ4v) is 3.29. The first kappa shape index (κ1) is 25.8. The number of hydrogen-bond acceptors (Lipinski definition) is 6. The molecule has 0 unspecified atom stereocenters. The van der Waals surface area contributed by atoms with E-state index in [0.717, 1.165) is 33.7 Å². The molecule has 2 aromatic rings. The number of rotatable bonds is 8. The Morgan fingerprint density at radius 1 is 1.15 bits per heavy atom. The normalized spacial score (nSPS) is 15.1. The minimum absolute atomic E-state index is 0.248. The number of carbonyl (C=O) groups is 1. The van der Waals surface area contributed by atoms with E-state index in [2.05, 4.69) is 15.6 Å².